The smallest absolute Gasteiger partial charge is 0.417 e. The molecule has 1 aliphatic rings. The number of aromatic amines is 1. The number of ether oxygens (including phenoxy) is 1. The van der Waals surface area contributed by atoms with Crippen LogP contribution < -0.4 is 21.9 Å². The lowest BCUT2D eigenvalue weighted by molar-refractivity contribution is -0.149. The van der Waals surface area contributed by atoms with Crippen molar-refractivity contribution < 1.29 is 32.3 Å². The number of halogens is 3. The van der Waals surface area contributed by atoms with Crippen LogP contribution in [-0.4, -0.2) is 54.9 Å². The summed E-state index contributed by atoms with van der Waals surface area (Å²) in [7, 11) is 1.42. The zero-order valence-electron chi connectivity index (χ0n) is 20.2. The summed E-state index contributed by atoms with van der Waals surface area (Å²) in [6.45, 7) is -0.493. The van der Waals surface area contributed by atoms with Crippen LogP contribution in [0.25, 0.3) is 22.0 Å². The molecule has 3 aromatic rings. The van der Waals surface area contributed by atoms with E-state index in [2.05, 4.69) is 15.6 Å². The van der Waals surface area contributed by atoms with Gasteiger partial charge in [0.2, 0.25) is 5.91 Å². The van der Waals surface area contributed by atoms with E-state index in [4.69, 9.17) is 10.5 Å². The topological polar surface area (TPSA) is 143 Å². The van der Waals surface area contributed by atoms with Crippen molar-refractivity contribution in [1.29, 1.82) is 0 Å². The molecule has 3 atom stereocenters. The van der Waals surface area contributed by atoms with Crippen LogP contribution in [0.4, 0.5) is 13.2 Å². The molecular formula is C26H25F3N4O5. The first-order valence-electron chi connectivity index (χ1n) is 11.7. The molecule has 2 heterocycles. The molecule has 0 saturated carbocycles. The molecule has 12 heteroatoms. The lowest BCUT2D eigenvalue weighted by Crippen LogP contribution is -2.46. The number of esters is 1. The second-order valence-electron chi connectivity index (χ2n) is 8.92. The number of carbonyl (C=O) groups excluding carboxylic acids is 3. The van der Waals surface area contributed by atoms with Crippen molar-refractivity contribution in [1.82, 2.24) is 15.6 Å². The monoisotopic (exact) mass is 530 g/mol. The normalized spacial score (nSPS) is 18.3. The maximum absolute atomic E-state index is 13.5. The number of hydrogen-bond acceptors (Lipinski definition) is 7. The van der Waals surface area contributed by atoms with Crippen LogP contribution in [0.1, 0.15) is 23.5 Å². The van der Waals surface area contributed by atoms with E-state index < -0.39 is 47.1 Å². The Hall–Kier alpha value is -4.03. The van der Waals surface area contributed by atoms with Crippen LogP contribution in [0.15, 0.2) is 53.3 Å². The van der Waals surface area contributed by atoms with Crippen molar-refractivity contribution in [3.8, 4) is 11.3 Å². The predicted octanol–water partition coefficient (Wildman–Crippen LogP) is 1.85. The van der Waals surface area contributed by atoms with Crippen molar-refractivity contribution in [2.45, 2.75) is 30.6 Å². The van der Waals surface area contributed by atoms with Crippen molar-refractivity contribution in [2.24, 2.45) is 5.73 Å². The molecule has 9 nitrogen and oxygen atoms in total. The first kappa shape index (κ1) is 27.0. The van der Waals surface area contributed by atoms with E-state index in [0.717, 1.165) is 6.07 Å². The Bertz CT molecular complexity index is 1450. The van der Waals surface area contributed by atoms with Crippen LogP contribution >= 0.6 is 0 Å². The minimum Gasteiger partial charge on any atom is -0.462 e. The molecule has 2 aromatic carbocycles. The van der Waals surface area contributed by atoms with Gasteiger partial charge in [-0.05, 0) is 42.6 Å². The average Bonchev–Trinajstić information content (AvgIpc) is 3.27. The second kappa shape index (κ2) is 10.8. The van der Waals surface area contributed by atoms with E-state index in [1.165, 1.54) is 37.4 Å². The number of ketones is 1. The zero-order valence-corrected chi connectivity index (χ0v) is 20.2. The molecule has 1 aromatic heterocycles. The molecule has 200 valence electrons. The van der Waals surface area contributed by atoms with Crippen molar-refractivity contribution in [2.75, 3.05) is 20.2 Å². The number of amides is 1. The molecule has 38 heavy (non-hydrogen) atoms. The maximum atomic E-state index is 13.5. The van der Waals surface area contributed by atoms with Crippen molar-refractivity contribution >= 4 is 28.4 Å². The first-order valence-corrected chi connectivity index (χ1v) is 11.7. The summed E-state index contributed by atoms with van der Waals surface area (Å²) in [6.07, 6.45) is -4.33. The fourth-order valence-electron chi connectivity index (χ4n) is 4.55. The third-order valence-electron chi connectivity index (χ3n) is 6.45. The van der Waals surface area contributed by atoms with Crippen LogP contribution in [0.5, 0.6) is 0 Å². The number of H-pyrrole nitrogens is 1. The third-order valence-corrected chi connectivity index (χ3v) is 6.45. The standard InChI is InChI=1S/C26H25F3N4O5/c1-31-22(21(34)11-30)25(37)38-12-15-10-18(23(35)32-15)13-6-7-14-9-20(33-24(36)17(14)8-13)16-4-2-3-5-19(16)26(27,28)29/h2-9,15,18,22,31H,10-12,30H2,1H3,(H,32,35)(H,33,36)/t15?,18-,22?/m0/s1. The highest BCUT2D eigenvalue weighted by atomic mass is 19.4. The highest BCUT2D eigenvalue weighted by Gasteiger charge is 2.36. The van der Waals surface area contributed by atoms with Crippen molar-refractivity contribution in [3.05, 3.63) is 70.0 Å². The number of Topliss-reactive ketones (excluding diaryl/α,β-unsaturated/α-hetero) is 1. The summed E-state index contributed by atoms with van der Waals surface area (Å²) >= 11 is 0. The van der Waals surface area contributed by atoms with E-state index in [1.807, 2.05) is 0 Å². The number of aromatic nitrogens is 1. The number of benzene rings is 2. The van der Waals surface area contributed by atoms with Crippen LogP contribution in [0.3, 0.4) is 0 Å². The Morgan fingerprint density at radius 3 is 2.58 bits per heavy atom. The summed E-state index contributed by atoms with van der Waals surface area (Å²) in [5.74, 6) is -2.31. The molecular weight excluding hydrogens is 505 g/mol. The highest BCUT2D eigenvalue weighted by Crippen LogP contribution is 2.37. The van der Waals surface area contributed by atoms with Gasteiger partial charge in [-0.15, -0.1) is 0 Å². The van der Waals surface area contributed by atoms with E-state index in [9.17, 15) is 32.3 Å². The number of rotatable bonds is 8. The maximum Gasteiger partial charge on any atom is 0.417 e. The molecule has 0 radical (unpaired) electrons. The van der Waals surface area contributed by atoms with Gasteiger partial charge in [0.25, 0.3) is 5.56 Å². The number of hydrogen-bond donors (Lipinski definition) is 4. The van der Waals surface area contributed by atoms with Gasteiger partial charge in [0.05, 0.1) is 24.1 Å². The summed E-state index contributed by atoms with van der Waals surface area (Å²) in [5, 5.41) is 5.90. The molecule has 0 aliphatic carbocycles. The highest BCUT2D eigenvalue weighted by molar-refractivity contribution is 6.04. The quantitative estimate of drug-likeness (QED) is 0.257. The first-order chi connectivity index (χ1) is 18.0. The fourth-order valence-corrected chi connectivity index (χ4v) is 4.55. The largest absolute Gasteiger partial charge is 0.462 e. The number of pyridine rings is 1. The molecule has 1 aliphatic heterocycles. The number of likely N-dealkylation sites (N-methyl/N-ethyl adjacent to an activating group) is 1. The van der Waals surface area contributed by atoms with E-state index >= 15 is 0 Å². The average molecular weight is 531 g/mol. The summed E-state index contributed by atoms with van der Waals surface area (Å²) in [4.78, 5) is 51.9. The van der Waals surface area contributed by atoms with Crippen LogP contribution in [-0.2, 0) is 25.3 Å². The van der Waals surface area contributed by atoms with Gasteiger partial charge >= 0.3 is 12.1 Å². The van der Waals surface area contributed by atoms with Gasteiger partial charge in [-0.2, -0.15) is 13.2 Å². The van der Waals surface area contributed by atoms with Gasteiger partial charge in [0.15, 0.2) is 11.8 Å². The van der Waals surface area contributed by atoms with E-state index in [-0.39, 0.29) is 42.1 Å². The molecule has 4 rings (SSSR count). The van der Waals surface area contributed by atoms with Gasteiger partial charge in [0, 0.05) is 16.6 Å². The van der Waals surface area contributed by atoms with Gasteiger partial charge in [0.1, 0.15) is 6.61 Å². The summed E-state index contributed by atoms with van der Waals surface area (Å²) in [6, 6.07) is 9.45. The van der Waals surface area contributed by atoms with Crippen molar-refractivity contribution in [3.63, 3.8) is 0 Å². The van der Waals surface area contributed by atoms with Crippen LogP contribution in [0.2, 0.25) is 0 Å². The minimum absolute atomic E-state index is 0.0247. The molecule has 0 spiro atoms. The molecule has 1 amide bonds. The van der Waals surface area contributed by atoms with Gasteiger partial charge in [-0.1, -0.05) is 30.3 Å². The number of alkyl halides is 3. The number of fused-ring (bicyclic) bond motifs is 1. The zero-order chi connectivity index (χ0) is 27.6. The Morgan fingerprint density at radius 2 is 1.89 bits per heavy atom. The number of nitrogens with one attached hydrogen (secondary N) is 3. The lowest BCUT2D eigenvalue weighted by atomic mass is 9.93. The fraction of sp³-hybridized carbons (Fsp3) is 0.308. The number of carbonyl (C=O) groups is 3. The molecule has 5 N–H and O–H groups in total. The summed E-state index contributed by atoms with van der Waals surface area (Å²) in [5.41, 5.74) is 4.24. The molecule has 1 saturated heterocycles. The third kappa shape index (κ3) is 5.46. The van der Waals surface area contributed by atoms with E-state index in [1.54, 1.807) is 12.1 Å². The summed E-state index contributed by atoms with van der Waals surface area (Å²) < 4.78 is 45.6. The Morgan fingerprint density at radius 1 is 1.16 bits per heavy atom. The SMILES string of the molecule is CNC(C(=O)CN)C(=O)OCC1C[C@@H](c2ccc3cc(-c4ccccc4C(F)(F)F)[nH]c(=O)c3c2)C(=O)N1. The van der Waals surface area contributed by atoms with Gasteiger partial charge in [-0.3, -0.25) is 14.4 Å². The van der Waals surface area contributed by atoms with Gasteiger partial charge < -0.3 is 26.1 Å². The number of nitrogens with two attached hydrogens (primary N) is 1. The Balaban J connectivity index is 1.54. The second-order valence-corrected chi connectivity index (χ2v) is 8.92. The Kier molecular flexibility index (Phi) is 7.65. The van der Waals surface area contributed by atoms with E-state index in [0.29, 0.717) is 10.9 Å². The minimum atomic E-state index is -4.60. The van der Waals surface area contributed by atoms with Crippen LogP contribution in [0, 0.1) is 0 Å². The predicted molar refractivity (Wildman–Crippen MR) is 132 cm³/mol. The molecule has 2 unspecified atom stereocenters. The molecule has 0 bridgehead atoms. The molecule has 1 fully saturated rings. The Labute approximate surface area is 214 Å². The lowest BCUT2D eigenvalue weighted by Gasteiger charge is -2.16. The van der Waals surface area contributed by atoms with Gasteiger partial charge in [-0.25, -0.2) is 4.79 Å².